The topological polar surface area (TPSA) is 89.0 Å². The summed E-state index contributed by atoms with van der Waals surface area (Å²) in [6, 6.07) is 12.9. The van der Waals surface area contributed by atoms with Gasteiger partial charge in [-0.25, -0.2) is 5.43 Å². The monoisotopic (exact) mass is 383 g/mol. The van der Waals surface area contributed by atoms with Crippen LogP contribution in [0.4, 0.5) is 5.69 Å². The molecule has 2 amide bonds. The Morgan fingerprint density at radius 3 is 2.54 bits per heavy atom. The number of ether oxygens (including phenoxy) is 2. The van der Waals surface area contributed by atoms with Gasteiger partial charge in [0.25, 0.3) is 0 Å². The molecular weight excluding hydrogens is 358 g/mol. The maximum Gasteiger partial charge on any atom is 0.240 e. The molecular formula is C21H25N3O4. The lowest BCUT2D eigenvalue weighted by molar-refractivity contribution is -0.124. The fraction of sp³-hybridized carbons (Fsp3) is 0.286. The minimum Gasteiger partial charge on any atom is -0.493 e. The number of para-hydroxylation sites is 2. The summed E-state index contributed by atoms with van der Waals surface area (Å²) in [6.07, 6.45) is 1.59. The van der Waals surface area contributed by atoms with Crippen molar-refractivity contribution in [1.29, 1.82) is 0 Å². The summed E-state index contributed by atoms with van der Waals surface area (Å²) in [6.45, 7) is 4.26. The molecule has 0 aromatic heterocycles. The molecule has 0 radical (unpaired) electrons. The van der Waals surface area contributed by atoms with Crippen molar-refractivity contribution in [2.24, 2.45) is 5.10 Å². The van der Waals surface area contributed by atoms with Gasteiger partial charge in [0.05, 0.1) is 19.9 Å². The van der Waals surface area contributed by atoms with Crippen LogP contribution in [-0.4, -0.2) is 31.7 Å². The summed E-state index contributed by atoms with van der Waals surface area (Å²) in [5.41, 5.74) is 4.81. The predicted octanol–water partition coefficient (Wildman–Crippen LogP) is 3.27. The second-order valence-corrected chi connectivity index (χ2v) is 5.97. The summed E-state index contributed by atoms with van der Waals surface area (Å²) < 4.78 is 10.8. The molecule has 0 fully saturated rings. The van der Waals surface area contributed by atoms with E-state index in [1.54, 1.807) is 25.3 Å². The second-order valence-electron chi connectivity index (χ2n) is 5.97. The third-order valence-electron chi connectivity index (χ3n) is 3.91. The molecule has 7 nitrogen and oxygen atoms in total. The van der Waals surface area contributed by atoms with E-state index >= 15 is 0 Å². The van der Waals surface area contributed by atoms with E-state index in [0.29, 0.717) is 23.7 Å². The Kier molecular flexibility index (Phi) is 8.02. The number of hydrogen-bond acceptors (Lipinski definition) is 5. The van der Waals surface area contributed by atoms with E-state index in [2.05, 4.69) is 15.8 Å². The summed E-state index contributed by atoms with van der Waals surface area (Å²) >= 11 is 0. The molecule has 0 aliphatic carbocycles. The van der Waals surface area contributed by atoms with Crippen LogP contribution < -0.4 is 20.2 Å². The summed E-state index contributed by atoms with van der Waals surface area (Å²) in [5, 5.41) is 6.74. The minimum atomic E-state index is -0.350. The quantitative estimate of drug-likeness (QED) is 0.514. The Labute approximate surface area is 164 Å². The third-order valence-corrected chi connectivity index (χ3v) is 3.91. The lowest BCUT2D eigenvalue weighted by atomic mass is 10.2. The van der Waals surface area contributed by atoms with Gasteiger partial charge in [-0.05, 0) is 37.6 Å². The molecule has 0 bridgehead atoms. The molecule has 2 rings (SSSR count). The number of benzene rings is 2. The van der Waals surface area contributed by atoms with E-state index in [1.165, 1.54) is 6.21 Å². The highest BCUT2D eigenvalue weighted by Crippen LogP contribution is 2.29. The van der Waals surface area contributed by atoms with Crippen molar-refractivity contribution in [2.75, 3.05) is 19.0 Å². The number of nitrogens with zero attached hydrogens (tertiary/aromatic N) is 1. The fourth-order valence-corrected chi connectivity index (χ4v) is 2.48. The fourth-order valence-electron chi connectivity index (χ4n) is 2.48. The van der Waals surface area contributed by atoms with Crippen LogP contribution in [-0.2, 0) is 9.59 Å². The molecule has 0 heterocycles. The smallest absolute Gasteiger partial charge is 0.240 e. The second kappa shape index (κ2) is 10.7. The van der Waals surface area contributed by atoms with Crippen LogP contribution >= 0.6 is 0 Å². The van der Waals surface area contributed by atoms with Gasteiger partial charge in [0.15, 0.2) is 11.5 Å². The lowest BCUT2D eigenvalue weighted by Gasteiger charge is -2.11. The first-order valence-electron chi connectivity index (χ1n) is 9.02. The van der Waals surface area contributed by atoms with Gasteiger partial charge in [0.1, 0.15) is 0 Å². The van der Waals surface area contributed by atoms with Crippen LogP contribution in [0.25, 0.3) is 0 Å². The van der Waals surface area contributed by atoms with Crippen LogP contribution in [0.2, 0.25) is 0 Å². The van der Waals surface area contributed by atoms with Gasteiger partial charge in [-0.3, -0.25) is 9.59 Å². The number of nitrogens with one attached hydrogen (secondary N) is 2. The van der Waals surface area contributed by atoms with E-state index in [-0.39, 0.29) is 24.7 Å². The molecule has 2 N–H and O–H groups in total. The Morgan fingerprint density at radius 2 is 1.82 bits per heavy atom. The van der Waals surface area contributed by atoms with Crippen LogP contribution in [0.15, 0.2) is 47.6 Å². The van der Waals surface area contributed by atoms with Crippen molar-refractivity contribution in [3.8, 4) is 11.5 Å². The number of carbonyl (C=O) groups excluding carboxylic acids is 2. The number of rotatable bonds is 9. The highest BCUT2D eigenvalue weighted by Gasteiger charge is 2.10. The number of methoxy groups -OCH3 is 1. The molecule has 0 saturated heterocycles. The zero-order valence-corrected chi connectivity index (χ0v) is 16.3. The van der Waals surface area contributed by atoms with Gasteiger partial charge in [0.2, 0.25) is 11.8 Å². The average Bonchev–Trinajstić information content (AvgIpc) is 2.69. The Hall–Kier alpha value is -3.35. The Balaban J connectivity index is 1.85. The van der Waals surface area contributed by atoms with Gasteiger partial charge in [0, 0.05) is 24.1 Å². The molecule has 0 aliphatic heterocycles. The maximum absolute atomic E-state index is 12.0. The van der Waals surface area contributed by atoms with E-state index in [0.717, 1.165) is 11.3 Å². The molecule has 0 unspecified atom stereocenters. The molecule has 0 atom stereocenters. The van der Waals surface area contributed by atoms with Crippen LogP contribution in [0.5, 0.6) is 11.5 Å². The Morgan fingerprint density at radius 1 is 1.07 bits per heavy atom. The Bertz CT molecular complexity index is 849. The summed E-state index contributed by atoms with van der Waals surface area (Å²) in [7, 11) is 1.56. The maximum atomic E-state index is 12.0. The van der Waals surface area contributed by atoms with Crippen molar-refractivity contribution in [2.45, 2.75) is 26.7 Å². The number of amides is 2. The zero-order chi connectivity index (χ0) is 20.4. The lowest BCUT2D eigenvalue weighted by Crippen LogP contribution is -2.21. The van der Waals surface area contributed by atoms with Crippen molar-refractivity contribution in [1.82, 2.24) is 5.43 Å². The standard InChI is InChI=1S/C21H25N3O4/c1-4-28-21-16(9-7-11-18(21)27-3)14-22-24-20(26)13-12-19(25)23-17-10-6-5-8-15(17)2/h5-11,14H,4,12-13H2,1-3H3,(H,23,25)(H,24,26). The predicted molar refractivity (Wildman–Crippen MR) is 109 cm³/mol. The number of anilines is 1. The van der Waals surface area contributed by atoms with Gasteiger partial charge in [-0.2, -0.15) is 5.10 Å². The number of hydrazone groups is 1. The average molecular weight is 383 g/mol. The molecule has 2 aromatic rings. The van der Waals surface area contributed by atoms with Gasteiger partial charge in [-0.1, -0.05) is 24.3 Å². The highest BCUT2D eigenvalue weighted by atomic mass is 16.5. The van der Waals surface area contributed by atoms with Crippen LogP contribution in [0, 0.1) is 6.92 Å². The minimum absolute atomic E-state index is 0.0332. The van der Waals surface area contributed by atoms with Crippen LogP contribution in [0.3, 0.4) is 0 Å². The van der Waals surface area contributed by atoms with Crippen molar-refractivity contribution in [3.05, 3.63) is 53.6 Å². The zero-order valence-electron chi connectivity index (χ0n) is 16.3. The first kappa shape index (κ1) is 21.0. The normalized spacial score (nSPS) is 10.5. The van der Waals surface area contributed by atoms with Crippen molar-refractivity contribution in [3.63, 3.8) is 0 Å². The molecule has 148 valence electrons. The van der Waals surface area contributed by atoms with Crippen LogP contribution in [0.1, 0.15) is 30.9 Å². The number of hydrogen-bond donors (Lipinski definition) is 2. The van der Waals surface area contributed by atoms with Gasteiger partial charge < -0.3 is 14.8 Å². The van der Waals surface area contributed by atoms with Gasteiger partial charge >= 0.3 is 0 Å². The van der Waals surface area contributed by atoms with Crippen molar-refractivity contribution >= 4 is 23.7 Å². The van der Waals surface area contributed by atoms with E-state index in [1.807, 2.05) is 38.1 Å². The molecule has 0 saturated carbocycles. The van der Waals surface area contributed by atoms with E-state index in [4.69, 9.17) is 9.47 Å². The molecule has 0 aliphatic rings. The van der Waals surface area contributed by atoms with Gasteiger partial charge in [-0.15, -0.1) is 0 Å². The SMILES string of the molecule is CCOc1c(C=NNC(=O)CCC(=O)Nc2ccccc2C)cccc1OC. The molecule has 28 heavy (non-hydrogen) atoms. The van der Waals surface area contributed by atoms with E-state index in [9.17, 15) is 9.59 Å². The number of carbonyl (C=O) groups is 2. The highest BCUT2D eigenvalue weighted by molar-refractivity contribution is 5.94. The third kappa shape index (κ3) is 6.12. The molecule has 7 heteroatoms. The van der Waals surface area contributed by atoms with E-state index < -0.39 is 0 Å². The summed E-state index contributed by atoms with van der Waals surface area (Å²) in [5.74, 6) is 0.574. The largest absolute Gasteiger partial charge is 0.493 e. The summed E-state index contributed by atoms with van der Waals surface area (Å²) in [4.78, 5) is 23.9. The number of aryl methyl sites for hydroxylation is 1. The molecule has 2 aromatic carbocycles. The first-order chi connectivity index (χ1) is 13.5. The van der Waals surface area contributed by atoms with Crippen molar-refractivity contribution < 1.29 is 19.1 Å². The first-order valence-corrected chi connectivity index (χ1v) is 9.02. The molecule has 0 spiro atoms.